The van der Waals surface area contributed by atoms with Crippen LogP contribution in [0.1, 0.15) is 32.3 Å². The van der Waals surface area contributed by atoms with E-state index in [1.54, 1.807) is 0 Å². The maximum absolute atomic E-state index is 5.82. The highest BCUT2D eigenvalue weighted by Crippen LogP contribution is 2.42. The summed E-state index contributed by atoms with van der Waals surface area (Å²) < 4.78 is 12.7. The molecule has 2 aliphatic heterocycles. The zero-order valence-corrected chi connectivity index (χ0v) is 13.0. The third-order valence-corrected chi connectivity index (χ3v) is 4.47. The Labute approximate surface area is 122 Å². The van der Waals surface area contributed by atoms with Crippen molar-refractivity contribution < 1.29 is 9.47 Å². The zero-order valence-electron chi connectivity index (χ0n) is 11.5. The molecule has 1 N–H and O–H groups in total. The van der Waals surface area contributed by atoms with Crippen LogP contribution in [0.4, 0.5) is 0 Å². The molecule has 2 aliphatic rings. The Bertz CT molecular complexity index is 481. The van der Waals surface area contributed by atoms with Crippen molar-refractivity contribution in [1.29, 1.82) is 0 Å². The summed E-state index contributed by atoms with van der Waals surface area (Å²) in [4.78, 5) is 0. The lowest BCUT2D eigenvalue weighted by atomic mass is 9.92. The Balaban J connectivity index is 1.79. The van der Waals surface area contributed by atoms with Crippen LogP contribution in [0.5, 0.6) is 11.5 Å². The maximum Gasteiger partial charge on any atom is 0.246 e. The van der Waals surface area contributed by atoms with Crippen LogP contribution in [-0.4, -0.2) is 18.9 Å². The maximum atomic E-state index is 5.82. The van der Waals surface area contributed by atoms with Crippen LogP contribution in [0.25, 0.3) is 0 Å². The van der Waals surface area contributed by atoms with Crippen LogP contribution in [-0.2, 0) is 6.42 Å². The normalized spacial score (nSPS) is 24.5. The standard InChI is InChI=1S/C15H20BrNO2/c1-15(2)18-13-7-11(12(16)8-14(13)19-15)6-10-4-3-5-17-9-10/h7-8,10,17H,3-6,9H2,1-2H3. The quantitative estimate of drug-likeness (QED) is 0.902. The first-order valence-electron chi connectivity index (χ1n) is 6.95. The smallest absolute Gasteiger partial charge is 0.246 e. The van der Waals surface area contributed by atoms with Gasteiger partial charge < -0.3 is 14.8 Å². The second-order valence-electron chi connectivity index (χ2n) is 5.91. The lowest BCUT2D eigenvalue weighted by Crippen LogP contribution is -2.30. The Hall–Kier alpha value is -0.740. The highest BCUT2D eigenvalue weighted by atomic mass is 79.9. The summed E-state index contributed by atoms with van der Waals surface area (Å²) in [6.45, 7) is 6.15. The van der Waals surface area contributed by atoms with Crippen LogP contribution in [0, 0.1) is 5.92 Å². The molecule has 19 heavy (non-hydrogen) atoms. The molecule has 0 aromatic heterocycles. The van der Waals surface area contributed by atoms with Crippen molar-refractivity contribution in [2.24, 2.45) is 5.92 Å². The molecule has 3 nitrogen and oxygen atoms in total. The van der Waals surface area contributed by atoms with Gasteiger partial charge in [-0.25, -0.2) is 0 Å². The summed E-state index contributed by atoms with van der Waals surface area (Å²) in [6, 6.07) is 4.17. The highest BCUT2D eigenvalue weighted by molar-refractivity contribution is 9.10. The summed E-state index contributed by atoms with van der Waals surface area (Å²) >= 11 is 3.66. The molecular formula is C15H20BrNO2. The molecular weight excluding hydrogens is 306 g/mol. The van der Waals surface area contributed by atoms with E-state index in [0.717, 1.165) is 41.4 Å². The summed E-state index contributed by atoms with van der Waals surface area (Å²) in [5, 5.41) is 3.47. The number of ether oxygens (including phenoxy) is 2. The molecule has 4 heteroatoms. The largest absolute Gasteiger partial charge is 0.449 e. The molecule has 0 bridgehead atoms. The topological polar surface area (TPSA) is 30.5 Å². The van der Waals surface area contributed by atoms with Gasteiger partial charge in [-0.05, 0) is 56.0 Å². The van der Waals surface area contributed by atoms with Crippen LogP contribution in [0.2, 0.25) is 0 Å². The number of nitrogens with one attached hydrogen (secondary N) is 1. The molecule has 0 saturated carbocycles. The molecule has 0 amide bonds. The number of benzene rings is 1. The molecule has 1 unspecified atom stereocenters. The molecule has 0 spiro atoms. The van der Waals surface area contributed by atoms with Crippen molar-refractivity contribution in [1.82, 2.24) is 5.32 Å². The fraction of sp³-hybridized carbons (Fsp3) is 0.600. The number of hydrogen-bond acceptors (Lipinski definition) is 3. The summed E-state index contributed by atoms with van der Waals surface area (Å²) in [7, 11) is 0. The van der Waals surface area contributed by atoms with Crippen molar-refractivity contribution in [2.75, 3.05) is 13.1 Å². The third-order valence-electron chi connectivity index (χ3n) is 3.73. The molecule has 1 saturated heterocycles. The predicted octanol–water partition coefficient (Wildman–Crippen LogP) is 3.50. The fourth-order valence-electron chi connectivity index (χ4n) is 2.85. The minimum absolute atomic E-state index is 0.549. The Morgan fingerprint density at radius 3 is 2.74 bits per heavy atom. The van der Waals surface area contributed by atoms with Gasteiger partial charge in [0.1, 0.15) is 0 Å². The van der Waals surface area contributed by atoms with Gasteiger partial charge in [0.25, 0.3) is 0 Å². The first-order valence-corrected chi connectivity index (χ1v) is 7.74. The summed E-state index contributed by atoms with van der Waals surface area (Å²) in [6.07, 6.45) is 3.67. The highest BCUT2D eigenvalue weighted by Gasteiger charge is 2.32. The molecule has 1 atom stereocenters. The minimum atomic E-state index is -0.549. The van der Waals surface area contributed by atoms with Gasteiger partial charge in [0, 0.05) is 18.3 Å². The van der Waals surface area contributed by atoms with Gasteiger partial charge in [-0.2, -0.15) is 0 Å². The first kappa shape index (κ1) is 13.3. The van der Waals surface area contributed by atoms with Gasteiger partial charge in [-0.3, -0.25) is 0 Å². The molecule has 0 radical (unpaired) electrons. The van der Waals surface area contributed by atoms with Gasteiger partial charge in [-0.1, -0.05) is 15.9 Å². The van der Waals surface area contributed by atoms with Gasteiger partial charge in [-0.15, -0.1) is 0 Å². The van der Waals surface area contributed by atoms with E-state index in [9.17, 15) is 0 Å². The number of rotatable bonds is 2. The number of fused-ring (bicyclic) bond motifs is 1. The van der Waals surface area contributed by atoms with Crippen LogP contribution < -0.4 is 14.8 Å². The Morgan fingerprint density at radius 1 is 1.32 bits per heavy atom. The average molecular weight is 326 g/mol. The van der Waals surface area contributed by atoms with Crippen molar-refractivity contribution >= 4 is 15.9 Å². The molecule has 2 heterocycles. The molecule has 1 aromatic carbocycles. The number of piperidine rings is 1. The van der Waals surface area contributed by atoms with Crippen LogP contribution in [0.3, 0.4) is 0 Å². The summed E-state index contributed by atoms with van der Waals surface area (Å²) in [5.41, 5.74) is 1.31. The summed E-state index contributed by atoms with van der Waals surface area (Å²) in [5.74, 6) is 1.88. The zero-order chi connectivity index (χ0) is 13.5. The van der Waals surface area contributed by atoms with E-state index in [1.165, 1.54) is 18.4 Å². The van der Waals surface area contributed by atoms with Gasteiger partial charge in [0.15, 0.2) is 11.5 Å². The van der Waals surface area contributed by atoms with E-state index in [-0.39, 0.29) is 0 Å². The second kappa shape index (κ2) is 4.98. The lowest BCUT2D eigenvalue weighted by molar-refractivity contribution is -0.0431. The van der Waals surface area contributed by atoms with Gasteiger partial charge in [0.2, 0.25) is 5.79 Å². The number of halogens is 1. The second-order valence-corrected chi connectivity index (χ2v) is 6.77. The average Bonchev–Trinajstić information content (AvgIpc) is 2.64. The van der Waals surface area contributed by atoms with Crippen LogP contribution >= 0.6 is 15.9 Å². The molecule has 0 aliphatic carbocycles. The third kappa shape index (κ3) is 2.90. The molecule has 3 rings (SSSR count). The van der Waals surface area contributed by atoms with Crippen molar-refractivity contribution in [3.63, 3.8) is 0 Å². The van der Waals surface area contributed by atoms with E-state index in [1.807, 2.05) is 19.9 Å². The monoisotopic (exact) mass is 325 g/mol. The van der Waals surface area contributed by atoms with E-state index in [0.29, 0.717) is 0 Å². The SMILES string of the molecule is CC1(C)Oc2cc(Br)c(CC3CCCNC3)cc2O1. The van der Waals surface area contributed by atoms with E-state index >= 15 is 0 Å². The van der Waals surface area contributed by atoms with E-state index in [2.05, 4.69) is 27.3 Å². The predicted molar refractivity (Wildman–Crippen MR) is 78.8 cm³/mol. The Morgan fingerprint density at radius 2 is 2.05 bits per heavy atom. The van der Waals surface area contributed by atoms with Gasteiger partial charge in [0.05, 0.1) is 0 Å². The first-order chi connectivity index (χ1) is 9.03. The van der Waals surface area contributed by atoms with Crippen molar-refractivity contribution in [2.45, 2.75) is 38.9 Å². The Kier molecular flexibility index (Phi) is 3.48. The molecule has 1 fully saturated rings. The van der Waals surface area contributed by atoms with E-state index < -0.39 is 5.79 Å². The van der Waals surface area contributed by atoms with Crippen molar-refractivity contribution in [3.8, 4) is 11.5 Å². The van der Waals surface area contributed by atoms with Crippen molar-refractivity contribution in [3.05, 3.63) is 22.2 Å². The molecule has 1 aromatic rings. The fourth-order valence-corrected chi connectivity index (χ4v) is 3.34. The van der Waals surface area contributed by atoms with Crippen LogP contribution in [0.15, 0.2) is 16.6 Å². The minimum Gasteiger partial charge on any atom is -0.449 e. The van der Waals surface area contributed by atoms with E-state index in [4.69, 9.17) is 9.47 Å². The number of hydrogen-bond donors (Lipinski definition) is 1. The lowest BCUT2D eigenvalue weighted by Gasteiger charge is -2.23. The van der Waals surface area contributed by atoms with Gasteiger partial charge >= 0.3 is 0 Å². The molecule has 104 valence electrons.